The van der Waals surface area contributed by atoms with Crippen LogP contribution in [-0.2, 0) is 0 Å². The lowest BCUT2D eigenvalue weighted by Gasteiger charge is -2.25. The number of hydrogen-bond acceptors (Lipinski definition) is 5. The van der Waals surface area contributed by atoms with Crippen molar-refractivity contribution in [2.24, 2.45) is 0 Å². The average molecular weight is 815 g/mol. The molecule has 11 rings (SSSR count). The largest absolute Gasteiger partial charge is 0.310 e. The molecule has 4 nitrogen and oxygen atoms in total. The highest BCUT2D eigenvalue weighted by atomic mass is 32.1. The molecule has 0 bridgehead atoms. The molecule has 296 valence electrons. The SMILES string of the molecule is C1=CCCC(c2nc(C3=c4c(sc5cc(N(c6ccccc6)c6ccc(-c7ccc(-c8ccccc8)cc7)cc6)ccc45)=CCC3)nc(-c3ccccc3-c3ccccc3)n2)=C1. The van der Waals surface area contributed by atoms with Crippen molar-refractivity contribution in [3.05, 3.63) is 222 Å². The van der Waals surface area contributed by atoms with E-state index < -0.39 is 0 Å². The third-order valence-electron chi connectivity index (χ3n) is 11.9. The van der Waals surface area contributed by atoms with Gasteiger partial charge in [0.2, 0.25) is 0 Å². The van der Waals surface area contributed by atoms with Crippen LogP contribution < -0.4 is 14.7 Å². The Hall–Kier alpha value is -7.47. The number of para-hydroxylation sites is 1. The number of aromatic nitrogens is 3. The van der Waals surface area contributed by atoms with Crippen molar-refractivity contribution < 1.29 is 0 Å². The van der Waals surface area contributed by atoms with Crippen LogP contribution in [0.25, 0.3) is 72.1 Å². The predicted octanol–water partition coefficient (Wildman–Crippen LogP) is 13.7. The van der Waals surface area contributed by atoms with Crippen molar-refractivity contribution in [3.8, 4) is 44.8 Å². The molecule has 0 unspecified atom stereocenters. The van der Waals surface area contributed by atoms with Crippen LogP contribution in [-0.4, -0.2) is 15.0 Å². The highest BCUT2D eigenvalue weighted by Gasteiger charge is 2.22. The van der Waals surface area contributed by atoms with Gasteiger partial charge in [0.1, 0.15) is 0 Å². The van der Waals surface area contributed by atoms with E-state index in [2.05, 4.69) is 211 Å². The summed E-state index contributed by atoms with van der Waals surface area (Å²) in [5, 5.41) is 2.48. The third kappa shape index (κ3) is 7.27. The van der Waals surface area contributed by atoms with Crippen LogP contribution in [0.4, 0.5) is 17.1 Å². The monoisotopic (exact) mass is 814 g/mol. The Morgan fingerprint density at radius 1 is 0.452 bits per heavy atom. The summed E-state index contributed by atoms with van der Waals surface area (Å²) in [7, 11) is 0. The summed E-state index contributed by atoms with van der Waals surface area (Å²) in [5.41, 5.74) is 13.7. The van der Waals surface area contributed by atoms with Gasteiger partial charge in [0.05, 0.1) is 0 Å². The maximum absolute atomic E-state index is 5.34. The van der Waals surface area contributed by atoms with E-state index in [9.17, 15) is 0 Å². The van der Waals surface area contributed by atoms with Crippen LogP contribution in [0.1, 0.15) is 37.3 Å². The molecule has 0 aliphatic heterocycles. The molecule has 2 aromatic heterocycles. The molecule has 0 N–H and O–H groups in total. The lowest BCUT2D eigenvalue weighted by Crippen LogP contribution is -2.26. The van der Waals surface area contributed by atoms with Gasteiger partial charge in [0.15, 0.2) is 17.5 Å². The second-order valence-electron chi connectivity index (χ2n) is 15.8. The van der Waals surface area contributed by atoms with E-state index in [-0.39, 0.29) is 0 Å². The van der Waals surface area contributed by atoms with Crippen molar-refractivity contribution in [2.75, 3.05) is 4.90 Å². The standard InChI is InChI=1S/C57H42N4S/c1-5-16-39(17-6-1)40-28-30-41(31-29-40)42-32-34-46(35-33-42)61(45-22-11-4-12-23-45)47-36-37-50-53(38-47)62-52-27-15-26-51(54(50)52)57-59-55(44-20-9-3-10-21-44)58-56(60-57)49-25-14-13-24-48(49)43-18-7-2-8-19-43/h1-9,11-14,16-20,22-25,27-38H,10,15,21,26H2. The van der Waals surface area contributed by atoms with Gasteiger partial charge in [-0.05, 0) is 101 Å². The molecule has 2 heterocycles. The number of anilines is 3. The Bertz CT molecular complexity index is 3260. The van der Waals surface area contributed by atoms with Crippen molar-refractivity contribution >= 4 is 55.7 Å². The van der Waals surface area contributed by atoms with E-state index in [1.807, 2.05) is 11.3 Å². The minimum Gasteiger partial charge on any atom is -0.310 e. The van der Waals surface area contributed by atoms with Crippen LogP contribution in [0.3, 0.4) is 0 Å². The van der Waals surface area contributed by atoms with E-state index in [1.54, 1.807) is 0 Å². The molecule has 2 aliphatic carbocycles. The molecule has 0 saturated carbocycles. The maximum atomic E-state index is 5.34. The highest BCUT2D eigenvalue weighted by molar-refractivity contribution is 7.17. The number of allylic oxidation sites excluding steroid dienone is 4. The zero-order valence-electron chi connectivity index (χ0n) is 34.2. The molecule has 62 heavy (non-hydrogen) atoms. The Balaban J connectivity index is 1.01. The van der Waals surface area contributed by atoms with E-state index in [0.717, 1.165) is 76.7 Å². The van der Waals surface area contributed by atoms with Crippen molar-refractivity contribution in [1.82, 2.24) is 15.0 Å². The number of rotatable bonds is 9. The number of hydrogen-bond donors (Lipinski definition) is 0. The van der Waals surface area contributed by atoms with Gasteiger partial charge >= 0.3 is 0 Å². The predicted molar refractivity (Wildman–Crippen MR) is 260 cm³/mol. The van der Waals surface area contributed by atoms with Gasteiger partial charge in [-0.1, -0.05) is 170 Å². The summed E-state index contributed by atoms with van der Waals surface area (Å²) in [6.07, 6.45) is 12.6. The van der Waals surface area contributed by atoms with Gasteiger partial charge in [-0.25, -0.2) is 15.0 Å². The first-order valence-corrected chi connectivity index (χ1v) is 22.2. The molecule has 0 saturated heterocycles. The second kappa shape index (κ2) is 16.5. The zero-order valence-corrected chi connectivity index (χ0v) is 35.0. The molecule has 0 spiro atoms. The van der Waals surface area contributed by atoms with Crippen LogP contribution >= 0.6 is 11.3 Å². The molecule has 0 atom stereocenters. The van der Waals surface area contributed by atoms with Gasteiger partial charge in [0.25, 0.3) is 0 Å². The van der Waals surface area contributed by atoms with E-state index in [0.29, 0.717) is 5.82 Å². The lowest BCUT2D eigenvalue weighted by molar-refractivity contribution is 0.938. The first-order chi connectivity index (χ1) is 30.7. The van der Waals surface area contributed by atoms with Gasteiger partial charge in [-0.15, -0.1) is 11.3 Å². The van der Waals surface area contributed by atoms with Gasteiger partial charge in [-0.2, -0.15) is 0 Å². The number of nitrogens with zero attached hydrogens (tertiary/aromatic N) is 4. The Labute approximate surface area is 365 Å². The molecule has 9 aromatic rings. The van der Waals surface area contributed by atoms with Gasteiger partial charge in [0, 0.05) is 48.0 Å². The zero-order chi connectivity index (χ0) is 41.2. The smallest absolute Gasteiger partial charge is 0.164 e. The number of fused-ring (bicyclic) bond motifs is 3. The molecule has 7 aromatic carbocycles. The fraction of sp³-hybridized carbons (Fsp3) is 0.0702. The molecule has 0 amide bonds. The maximum Gasteiger partial charge on any atom is 0.164 e. The summed E-state index contributed by atoms with van der Waals surface area (Å²) < 4.78 is 2.52. The summed E-state index contributed by atoms with van der Waals surface area (Å²) in [6.45, 7) is 0. The van der Waals surface area contributed by atoms with Crippen LogP contribution in [0.2, 0.25) is 0 Å². The first-order valence-electron chi connectivity index (χ1n) is 21.4. The van der Waals surface area contributed by atoms with E-state index in [4.69, 9.17) is 15.0 Å². The molecule has 5 heteroatoms. The fourth-order valence-corrected chi connectivity index (χ4v) is 10.1. The second-order valence-corrected chi connectivity index (χ2v) is 16.9. The average Bonchev–Trinajstić information content (AvgIpc) is 3.74. The topological polar surface area (TPSA) is 41.9 Å². The first kappa shape index (κ1) is 37.5. The third-order valence-corrected chi connectivity index (χ3v) is 13.1. The minimum absolute atomic E-state index is 0.707. The highest BCUT2D eigenvalue weighted by Crippen LogP contribution is 2.38. The Morgan fingerprint density at radius 3 is 1.71 bits per heavy atom. The fourth-order valence-electron chi connectivity index (χ4n) is 8.82. The normalized spacial score (nSPS) is 13.4. The summed E-state index contributed by atoms with van der Waals surface area (Å²) in [5.74, 6) is 2.23. The number of thiophene rings is 1. The quantitative estimate of drug-likeness (QED) is 0.146. The molecular weight excluding hydrogens is 773 g/mol. The summed E-state index contributed by atoms with van der Waals surface area (Å²) >= 11 is 1.86. The van der Waals surface area contributed by atoms with Crippen molar-refractivity contribution in [3.63, 3.8) is 0 Å². The van der Waals surface area contributed by atoms with Crippen LogP contribution in [0.5, 0.6) is 0 Å². The molecule has 0 fully saturated rings. The van der Waals surface area contributed by atoms with Gasteiger partial charge in [-0.3, -0.25) is 0 Å². The summed E-state index contributed by atoms with van der Waals surface area (Å²) in [4.78, 5) is 18.2. The van der Waals surface area contributed by atoms with E-state index >= 15 is 0 Å². The lowest BCUT2D eigenvalue weighted by atomic mass is 9.98. The van der Waals surface area contributed by atoms with Crippen LogP contribution in [0.15, 0.2) is 200 Å². The summed E-state index contributed by atoms with van der Waals surface area (Å²) in [6, 6.07) is 64.9. The van der Waals surface area contributed by atoms with Crippen molar-refractivity contribution in [1.29, 1.82) is 0 Å². The molecule has 2 aliphatic rings. The van der Waals surface area contributed by atoms with Gasteiger partial charge < -0.3 is 4.90 Å². The molecule has 0 radical (unpaired) electrons. The van der Waals surface area contributed by atoms with Crippen LogP contribution in [0, 0.1) is 0 Å². The van der Waals surface area contributed by atoms with Crippen molar-refractivity contribution in [2.45, 2.75) is 25.7 Å². The molecular formula is C57H42N4S. The Kier molecular flexibility index (Phi) is 10.0. The Morgan fingerprint density at radius 2 is 1.02 bits per heavy atom. The minimum atomic E-state index is 0.707. The number of benzene rings is 7. The van der Waals surface area contributed by atoms with E-state index in [1.165, 1.54) is 47.7 Å².